The predicted molar refractivity (Wildman–Crippen MR) is 94.1 cm³/mol. The third-order valence-electron chi connectivity index (χ3n) is 4.00. The van der Waals surface area contributed by atoms with Crippen LogP contribution < -0.4 is 5.32 Å². The number of carbonyl (C=O) groups is 2. The molecule has 0 unspecified atom stereocenters. The zero-order valence-corrected chi connectivity index (χ0v) is 14.7. The zero-order valence-electron chi connectivity index (χ0n) is 13.9. The number of amides is 3. The summed E-state index contributed by atoms with van der Waals surface area (Å²) in [7, 11) is 0. The molecule has 1 fully saturated rings. The first-order valence-electron chi connectivity index (χ1n) is 8.12. The van der Waals surface area contributed by atoms with Crippen molar-refractivity contribution in [3.63, 3.8) is 0 Å². The molecule has 25 heavy (non-hydrogen) atoms. The summed E-state index contributed by atoms with van der Waals surface area (Å²) in [6.07, 6.45) is 0. The van der Waals surface area contributed by atoms with Crippen LogP contribution in [0.25, 0.3) is 10.6 Å². The van der Waals surface area contributed by atoms with Crippen LogP contribution in [-0.4, -0.2) is 59.4 Å². The molecule has 0 saturated carbocycles. The fourth-order valence-electron chi connectivity index (χ4n) is 2.63. The van der Waals surface area contributed by atoms with E-state index in [9.17, 15) is 14.0 Å². The van der Waals surface area contributed by atoms with E-state index in [1.165, 1.54) is 23.5 Å². The molecule has 8 heteroatoms. The first-order valence-corrected chi connectivity index (χ1v) is 9.00. The average molecular weight is 362 g/mol. The minimum absolute atomic E-state index is 0.0955. The molecule has 2 aromatic rings. The van der Waals surface area contributed by atoms with Crippen LogP contribution in [0.15, 0.2) is 29.6 Å². The number of nitrogens with one attached hydrogen (secondary N) is 1. The van der Waals surface area contributed by atoms with Gasteiger partial charge in [0, 0.05) is 43.7 Å². The molecule has 0 atom stereocenters. The van der Waals surface area contributed by atoms with Crippen LogP contribution in [0.1, 0.15) is 17.4 Å². The maximum Gasteiger partial charge on any atom is 0.317 e. The number of hydrogen-bond acceptors (Lipinski definition) is 4. The van der Waals surface area contributed by atoms with Crippen LogP contribution in [0.4, 0.5) is 9.18 Å². The highest BCUT2D eigenvalue weighted by molar-refractivity contribution is 7.13. The fourth-order valence-corrected chi connectivity index (χ4v) is 3.43. The molecule has 1 aliphatic rings. The Balaban J connectivity index is 1.63. The van der Waals surface area contributed by atoms with E-state index >= 15 is 0 Å². The monoisotopic (exact) mass is 362 g/mol. The minimum atomic E-state index is -0.304. The van der Waals surface area contributed by atoms with Gasteiger partial charge >= 0.3 is 6.03 Å². The van der Waals surface area contributed by atoms with Crippen LogP contribution in [0.2, 0.25) is 0 Å². The lowest BCUT2D eigenvalue weighted by molar-refractivity contribution is 0.0660. The Morgan fingerprint density at radius 1 is 1.16 bits per heavy atom. The van der Waals surface area contributed by atoms with Crippen LogP contribution in [-0.2, 0) is 0 Å². The van der Waals surface area contributed by atoms with Gasteiger partial charge in [0.15, 0.2) is 0 Å². The summed E-state index contributed by atoms with van der Waals surface area (Å²) in [4.78, 5) is 32.2. The third-order valence-corrected chi connectivity index (χ3v) is 4.89. The van der Waals surface area contributed by atoms with Gasteiger partial charge in [-0.25, -0.2) is 14.2 Å². The van der Waals surface area contributed by atoms with Crippen molar-refractivity contribution in [3.05, 3.63) is 41.2 Å². The van der Waals surface area contributed by atoms with Crippen molar-refractivity contribution in [1.82, 2.24) is 20.1 Å². The third kappa shape index (κ3) is 3.96. The quantitative estimate of drug-likeness (QED) is 0.912. The number of halogens is 1. The molecule has 0 bridgehead atoms. The summed E-state index contributed by atoms with van der Waals surface area (Å²) in [6, 6.07) is 5.94. The Labute approximate surface area is 149 Å². The van der Waals surface area contributed by atoms with E-state index in [2.05, 4.69) is 10.3 Å². The lowest BCUT2D eigenvalue weighted by Gasteiger charge is -2.34. The summed E-state index contributed by atoms with van der Waals surface area (Å²) >= 11 is 1.36. The Kier molecular flexibility index (Phi) is 5.28. The predicted octanol–water partition coefficient (Wildman–Crippen LogP) is 2.44. The summed E-state index contributed by atoms with van der Waals surface area (Å²) in [5.41, 5.74) is 1.17. The van der Waals surface area contributed by atoms with Crippen molar-refractivity contribution >= 4 is 23.3 Å². The molecule has 3 rings (SSSR count). The van der Waals surface area contributed by atoms with Gasteiger partial charge in [0.25, 0.3) is 5.91 Å². The molecular formula is C17H19FN4O2S. The molecule has 1 saturated heterocycles. The highest BCUT2D eigenvalue weighted by Crippen LogP contribution is 2.24. The Bertz CT molecular complexity index is 754. The molecule has 2 heterocycles. The normalized spacial score (nSPS) is 14.5. The number of carbonyl (C=O) groups excluding carboxylic acids is 2. The molecule has 0 aliphatic carbocycles. The molecule has 0 spiro atoms. The van der Waals surface area contributed by atoms with Crippen LogP contribution in [0, 0.1) is 5.82 Å². The number of thiazole rings is 1. The maximum absolute atomic E-state index is 13.0. The summed E-state index contributed by atoms with van der Waals surface area (Å²) in [5, 5.41) is 5.17. The van der Waals surface area contributed by atoms with Crippen molar-refractivity contribution in [1.29, 1.82) is 0 Å². The summed E-state index contributed by atoms with van der Waals surface area (Å²) < 4.78 is 13.0. The topological polar surface area (TPSA) is 65.5 Å². The van der Waals surface area contributed by atoms with Gasteiger partial charge in [-0.15, -0.1) is 11.3 Å². The van der Waals surface area contributed by atoms with Gasteiger partial charge in [0.05, 0.1) is 0 Å². The summed E-state index contributed by atoms with van der Waals surface area (Å²) in [6.45, 7) is 4.44. The molecule has 6 nitrogen and oxygen atoms in total. The number of urea groups is 1. The second-order valence-electron chi connectivity index (χ2n) is 5.66. The van der Waals surface area contributed by atoms with Crippen molar-refractivity contribution in [3.8, 4) is 10.6 Å². The van der Waals surface area contributed by atoms with Gasteiger partial charge in [-0.05, 0) is 31.2 Å². The molecule has 1 N–H and O–H groups in total. The maximum atomic E-state index is 13.0. The molecule has 132 valence electrons. The van der Waals surface area contributed by atoms with Gasteiger partial charge in [-0.1, -0.05) is 0 Å². The van der Waals surface area contributed by atoms with E-state index in [-0.39, 0.29) is 17.8 Å². The van der Waals surface area contributed by atoms with Gasteiger partial charge in [-0.3, -0.25) is 4.79 Å². The van der Waals surface area contributed by atoms with Gasteiger partial charge in [-0.2, -0.15) is 0 Å². The second kappa shape index (κ2) is 7.60. The number of benzene rings is 1. The Morgan fingerprint density at radius 3 is 2.44 bits per heavy atom. The molecule has 1 aromatic heterocycles. The van der Waals surface area contributed by atoms with Crippen LogP contribution in [0.5, 0.6) is 0 Å². The Morgan fingerprint density at radius 2 is 1.80 bits per heavy atom. The van der Waals surface area contributed by atoms with Crippen LogP contribution in [0.3, 0.4) is 0 Å². The number of nitrogens with zero attached hydrogens (tertiary/aromatic N) is 3. The van der Waals surface area contributed by atoms with Gasteiger partial charge < -0.3 is 15.1 Å². The number of piperazine rings is 1. The number of hydrogen-bond donors (Lipinski definition) is 1. The largest absolute Gasteiger partial charge is 0.338 e. The highest BCUT2D eigenvalue weighted by atomic mass is 32.1. The van der Waals surface area contributed by atoms with E-state index in [0.717, 1.165) is 5.56 Å². The Hall–Kier alpha value is -2.48. The SMILES string of the molecule is CCNC(=O)N1CCN(C(=O)c2csc(-c3ccc(F)cc3)n2)CC1. The van der Waals surface area contributed by atoms with Crippen molar-refractivity contribution in [2.24, 2.45) is 0 Å². The number of aromatic nitrogens is 1. The van der Waals surface area contributed by atoms with Gasteiger partial charge in [0.1, 0.15) is 16.5 Å². The van der Waals surface area contributed by atoms with Gasteiger partial charge in [0.2, 0.25) is 0 Å². The molecule has 1 aromatic carbocycles. The van der Waals surface area contributed by atoms with E-state index in [1.54, 1.807) is 27.3 Å². The van der Waals surface area contributed by atoms with Crippen LogP contribution >= 0.6 is 11.3 Å². The summed E-state index contributed by atoms with van der Waals surface area (Å²) in [5.74, 6) is -0.443. The zero-order chi connectivity index (χ0) is 17.8. The van der Waals surface area contributed by atoms with E-state index in [1.807, 2.05) is 6.92 Å². The standard InChI is InChI=1S/C17H19FN4O2S/c1-2-19-17(24)22-9-7-21(8-10-22)16(23)14-11-25-15(20-14)12-3-5-13(18)6-4-12/h3-6,11H,2,7-10H2,1H3,(H,19,24). The first kappa shape index (κ1) is 17.3. The molecule has 0 radical (unpaired) electrons. The average Bonchev–Trinajstić information content (AvgIpc) is 3.12. The van der Waals surface area contributed by atoms with E-state index in [4.69, 9.17) is 0 Å². The van der Waals surface area contributed by atoms with Crippen molar-refractivity contribution in [2.75, 3.05) is 32.7 Å². The first-order chi connectivity index (χ1) is 12.1. The lowest BCUT2D eigenvalue weighted by Crippen LogP contribution is -2.53. The smallest absolute Gasteiger partial charge is 0.317 e. The van der Waals surface area contributed by atoms with Crippen molar-refractivity contribution in [2.45, 2.75) is 6.92 Å². The lowest BCUT2D eigenvalue weighted by atomic mass is 10.2. The van der Waals surface area contributed by atoms with Crippen molar-refractivity contribution < 1.29 is 14.0 Å². The highest BCUT2D eigenvalue weighted by Gasteiger charge is 2.26. The second-order valence-corrected chi connectivity index (χ2v) is 6.52. The fraction of sp³-hybridized carbons (Fsp3) is 0.353. The molecular weight excluding hydrogens is 343 g/mol. The molecule has 1 aliphatic heterocycles. The number of rotatable bonds is 3. The van der Waals surface area contributed by atoms with E-state index < -0.39 is 0 Å². The van der Waals surface area contributed by atoms with E-state index in [0.29, 0.717) is 43.4 Å². The minimum Gasteiger partial charge on any atom is -0.338 e. The molecule has 3 amide bonds.